The van der Waals surface area contributed by atoms with E-state index in [0.29, 0.717) is 23.5 Å². The van der Waals surface area contributed by atoms with Gasteiger partial charge in [-0.2, -0.15) is 4.37 Å². The van der Waals surface area contributed by atoms with Crippen molar-refractivity contribution in [2.75, 3.05) is 24.3 Å². The Balaban J connectivity index is 2.01. The van der Waals surface area contributed by atoms with E-state index in [-0.39, 0.29) is 6.10 Å². The molecule has 0 amide bonds. The number of hydrogen-bond acceptors (Lipinski definition) is 6. The summed E-state index contributed by atoms with van der Waals surface area (Å²) in [5.41, 5.74) is 5.86. The second-order valence-electron chi connectivity index (χ2n) is 5.28. The summed E-state index contributed by atoms with van der Waals surface area (Å²) in [4.78, 5) is 0. The number of hydrogen-bond donors (Lipinski definition) is 2. The number of aromatic nitrogens is 1. The summed E-state index contributed by atoms with van der Waals surface area (Å²) in [5.74, 6) is 1.79. The minimum absolute atomic E-state index is 0.0950. The standard InChI is InChI=1S/C13H23N3O2S/c1-8(2)18-11-12(14)16-19-13(11)15-9(3)10-4-6-17-7-5-10/h8-10,15H,4-7H2,1-3H3,(H2,14,16). The van der Waals surface area contributed by atoms with Crippen LogP contribution >= 0.6 is 11.5 Å². The second-order valence-corrected chi connectivity index (χ2v) is 6.05. The van der Waals surface area contributed by atoms with Crippen molar-refractivity contribution in [1.82, 2.24) is 4.37 Å². The molecule has 1 fully saturated rings. The van der Waals surface area contributed by atoms with Crippen LogP contribution in [0.15, 0.2) is 0 Å². The van der Waals surface area contributed by atoms with Crippen LogP contribution < -0.4 is 15.8 Å². The van der Waals surface area contributed by atoms with Gasteiger partial charge in [0.25, 0.3) is 0 Å². The fourth-order valence-electron chi connectivity index (χ4n) is 2.28. The normalized spacial score (nSPS) is 18.5. The highest BCUT2D eigenvalue weighted by atomic mass is 32.1. The van der Waals surface area contributed by atoms with Gasteiger partial charge >= 0.3 is 0 Å². The molecule has 0 radical (unpaired) electrons. The lowest BCUT2D eigenvalue weighted by atomic mass is 9.93. The van der Waals surface area contributed by atoms with Crippen molar-refractivity contribution in [3.63, 3.8) is 0 Å². The van der Waals surface area contributed by atoms with Gasteiger partial charge in [0, 0.05) is 19.3 Å². The van der Waals surface area contributed by atoms with E-state index in [1.165, 1.54) is 11.5 Å². The quantitative estimate of drug-likeness (QED) is 0.870. The van der Waals surface area contributed by atoms with Crippen LogP contribution in [0.2, 0.25) is 0 Å². The molecule has 0 spiro atoms. The van der Waals surface area contributed by atoms with Gasteiger partial charge in [-0.1, -0.05) is 0 Å². The van der Waals surface area contributed by atoms with Gasteiger partial charge in [0.1, 0.15) is 0 Å². The van der Waals surface area contributed by atoms with E-state index >= 15 is 0 Å². The molecule has 0 saturated carbocycles. The van der Waals surface area contributed by atoms with Crippen LogP contribution in [0, 0.1) is 5.92 Å². The van der Waals surface area contributed by atoms with Crippen LogP contribution in [0.25, 0.3) is 0 Å². The lowest BCUT2D eigenvalue weighted by Gasteiger charge is -2.28. The van der Waals surface area contributed by atoms with Crippen molar-refractivity contribution in [3.8, 4) is 5.75 Å². The summed E-state index contributed by atoms with van der Waals surface area (Å²) in [6.45, 7) is 7.89. The summed E-state index contributed by atoms with van der Waals surface area (Å²) in [7, 11) is 0. The Morgan fingerprint density at radius 2 is 2.05 bits per heavy atom. The molecule has 6 heteroatoms. The van der Waals surface area contributed by atoms with Gasteiger partial charge < -0.3 is 20.5 Å². The molecule has 1 aliphatic heterocycles. The van der Waals surface area contributed by atoms with Crippen molar-refractivity contribution >= 4 is 22.4 Å². The number of nitrogen functional groups attached to an aromatic ring is 1. The first kappa shape index (κ1) is 14.4. The average molecular weight is 285 g/mol. The van der Waals surface area contributed by atoms with Crippen molar-refractivity contribution in [2.24, 2.45) is 5.92 Å². The smallest absolute Gasteiger partial charge is 0.197 e. The van der Waals surface area contributed by atoms with Crippen LogP contribution in [-0.2, 0) is 4.74 Å². The van der Waals surface area contributed by atoms with E-state index in [9.17, 15) is 0 Å². The van der Waals surface area contributed by atoms with Crippen molar-refractivity contribution in [1.29, 1.82) is 0 Å². The van der Waals surface area contributed by atoms with Gasteiger partial charge in [-0.25, -0.2) is 0 Å². The minimum Gasteiger partial charge on any atom is -0.484 e. The highest BCUT2D eigenvalue weighted by Crippen LogP contribution is 2.37. The van der Waals surface area contributed by atoms with Crippen molar-refractivity contribution in [3.05, 3.63) is 0 Å². The summed E-state index contributed by atoms with van der Waals surface area (Å²) < 4.78 is 15.3. The predicted molar refractivity (Wildman–Crippen MR) is 78.9 cm³/mol. The Labute approximate surface area is 118 Å². The number of nitrogens with one attached hydrogen (secondary N) is 1. The zero-order valence-corrected chi connectivity index (χ0v) is 12.6. The topological polar surface area (TPSA) is 69.4 Å². The van der Waals surface area contributed by atoms with Gasteiger partial charge in [-0.05, 0) is 51.1 Å². The van der Waals surface area contributed by atoms with Crippen LogP contribution in [-0.4, -0.2) is 29.7 Å². The van der Waals surface area contributed by atoms with Gasteiger partial charge in [-0.15, -0.1) is 0 Å². The maximum Gasteiger partial charge on any atom is 0.197 e. The minimum atomic E-state index is 0.0950. The third-order valence-corrected chi connectivity index (χ3v) is 4.13. The fourth-order valence-corrected chi connectivity index (χ4v) is 3.02. The summed E-state index contributed by atoms with van der Waals surface area (Å²) in [6.07, 6.45) is 2.30. The molecule has 108 valence electrons. The Bertz CT molecular complexity index is 403. The molecule has 0 aromatic carbocycles. The molecule has 0 bridgehead atoms. The third-order valence-electron chi connectivity index (χ3n) is 3.36. The number of nitrogens with zero attached hydrogens (tertiary/aromatic N) is 1. The Hall–Kier alpha value is -1.01. The molecule has 5 nitrogen and oxygen atoms in total. The molecular formula is C13H23N3O2S. The molecule has 1 unspecified atom stereocenters. The summed E-state index contributed by atoms with van der Waals surface area (Å²) in [5, 5.41) is 4.44. The van der Waals surface area contributed by atoms with E-state index in [1.807, 2.05) is 13.8 Å². The molecule has 3 N–H and O–H groups in total. The van der Waals surface area contributed by atoms with Crippen LogP contribution in [0.4, 0.5) is 10.8 Å². The van der Waals surface area contributed by atoms with Crippen molar-refractivity contribution in [2.45, 2.75) is 45.8 Å². The first-order valence-electron chi connectivity index (χ1n) is 6.84. The zero-order valence-electron chi connectivity index (χ0n) is 11.8. The Kier molecular flexibility index (Phi) is 4.87. The number of anilines is 2. The van der Waals surface area contributed by atoms with E-state index in [1.54, 1.807) is 0 Å². The molecule has 2 heterocycles. The first-order valence-corrected chi connectivity index (χ1v) is 7.61. The summed E-state index contributed by atoms with van der Waals surface area (Å²) >= 11 is 1.37. The monoisotopic (exact) mass is 285 g/mol. The lowest BCUT2D eigenvalue weighted by Crippen LogP contribution is -2.30. The maximum absolute atomic E-state index is 5.86. The van der Waals surface area contributed by atoms with Gasteiger partial charge in [0.15, 0.2) is 16.6 Å². The molecule has 2 rings (SSSR count). The summed E-state index contributed by atoms with van der Waals surface area (Å²) in [6, 6.07) is 0.373. The highest BCUT2D eigenvalue weighted by molar-refractivity contribution is 7.11. The van der Waals surface area contributed by atoms with Gasteiger partial charge in [0.2, 0.25) is 0 Å². The van der Waals surface area contributed by atoms with Gasteiger partial charge in [-0.3, -0.25) is 0 Å². The van der Waals surface area contributed by atoms with Crippen molar-refractivity contribution < 1.29 is 9.47 Å². The number of ether oxygens (including phenoxy) is 2. The van der Waals surface area contributed by atoms with E-state index in [2.05, 4.69) is 16.6 Å². The number of rotatable bonds is 5. The first-order chi connectivity index (χ1) is 9.08. The SMILES string of the molecule is CC(C)Oc1c(N)nsc1NC(C)C1CCOCC1. The second kappa shape index (κ2) is 6.43. The average Bonchev–Trinajstić information content (AvgIpc) is 2.72. The molecular weight excluding hydrogens is 262 g/mol. The lowest BCUT2D eigenvalue weighted by molar-refractivity contribution is 0.0622. The number of nitrogens with two attached hydrogens (primary N) is 1. The molecule has 1 aliphatic rings. The van der Waals surface area contributed by atoms with Crippen LogP contribution in [0.5, 0.6) is 5.75 Å². The largest absolute Gasteiger partial charge is 0.484 e. The predicted octanol–water partition coefficient (Wildman–Crippen LogP) is 2.74. The zero-order chi connectivity index (χ0) is 13.8. The molecule has 1 aromatic heterocycles. The Morgan fingerprint density at radius 1 is 1.37 bits per heavy atom. The molecule has 1 aromatic rings. The van der Waals surface area contributed by atoms with Gasteiger partial charge in [0.05, 0.1) is 6.10 Å². The van der Waals surface area contributed by atoms with E-state index in [0.717, 1.165) is 31.1 Å². The molecule has 1 atom stereocenters. The Morgan fingerprint density at radius 3 is 2.68 bits per heavy atom. The van der Waals surface area contributed by atoms with E-state index in [4.69, 9.17) is 15.2 Å². The molecule has 19 heavy (non-hydrogen) atoms. The highest BCUT2D eigenvalue weighted by Gasteiger charge is 2.23. The maximum atomic E-state index is 5.86. The van der Waals surface area contributed by atoms with Crippen LogP contribution in [0.1, 0.15) is 33.6 Å². The molecule has 0 aliphatic carbocycles. The molecule has 1 saturated heterocycles. The third kappa shape index (κ3) is 3.73. The van der Waals surface area contributed by atoms with Crippen LogP contribution in [0.3, 0.4) is 0 Å². The fraction of sp³-hybridized carbons (Fsp3) is 0.769. The van der Waals surface area contributed by atoms with E-state index < -0.39 is 0 Å².